The topological polar surface area (TPSA) is 46.3 Å². The Morgan fingerprint density at radius 2 is 2.22 bits per heavy atom. The fourth-order valence-electron chi connectivity index (χ4n) is 0.389. The maximum atomic E-state index is 10.8. The minimum Gasteiger partial charge on any atom is -0.277 e. The molecule has 0 aliphatic rings. The lowest BCUT2D eigenvalue weighted by Gasteiger charge is -2.12. The Labute approximate surface area is 55.1 Å². The summed E-state index contributed by atoms with van der Waals surface area (Å²) in [4.78, 5) is 10.8. The lowest BCUT2D eigenvalue weighted by atomic mass is 10.3. The number of likely N-dealkylation sites (N-methyl/N-ethyl adjacent to an activating group) is 1. The van der Waals surface area contributed by atoms with E-state index in [4.69, 9.17) is 5.84 Å². The molecule has 0 radical (unpaired) electrons. The van der Waals surface area contributed by atoms with Crippen molar-refractivity contribution in [2.75, 3.05) is 6.54 Å². The first-order valence-corrected chi connectivity index (χ1v) is 2.81. The van der Waals surface area contributed by atoms with Gasteiger partial charge in [0.1, 0.15) is 0 Å². The van der Waals surface area contributed by atoms with Gasteiger partial charge in [0.2, 0.25) is 0 Å². The van der Waals surface area contributed by atoms with Crippen molar-refractivity contribution in [1.29, 1.82) is 0 Å². The molecule has 0 heterocycles. The third-order valence-corrected chi connectivity index (χ3v) is 0.967. The molecule has 0 aliphatic heterocycles. The molecule has 0 aromatic carbocycles. The summed E-state index contributed by atoms with van der Waals surface area (Å²) in [6, 6.07) is 0. The minimum absolute atomic E-state index is 0.197. The van der Waals surface area contributed by atoms with Crippen LogP contribution in [0.2, 0.25) is 0 Å². The second kappa shape index (κ2) is 3.25. The van der Waals surface area contributed by atoms with Crippen molar-refractivity contribution in [3.63, 3.8) is 0 Å². The predicted octanol–water partition coefficient (Wildman–Crippen LogP) is 0.285. The molecule has 0 aromatic rings. The summed E-state index contributed by atoms with van der Waals surface area (Å²) in [5, 5.41) is 1.13. The van der Waals surface area contributed by atoms with Crippen molar-refractivity contribution in [2.45, 2.75) is 13.8 Å². The Kier molecular flexibility index (Phi) is 2.95. The summed E-state index contributed by atoms with van der Waals surface area (Å²) < 4.78 is 0. The van der Waals surface area contributed by atoms with Crippen molar-refractivity contribution < 1.29 is 4.79 Å². The van der Waals surface area contributed by atoms with Crippen LogP contribution in [-0.4, -0.2) is 17.5 Å². The molecule has 0 saturated carbocycles. The zero-order valence-corrected chi connectivity index (χ0v) is 5.85. The van der Waals surface area contributed by atoms with E-state index in [0.717, 1.165) is 5.01 Å². The highest BCUT2D eigenvalue weighted by Gasteiger charge is 2.05. The second-order valence-electron chi connectivity index (χ2n) is 1.87. The highest BCUT2D eigenvalue weighted by atomic mass is 16.2. The minimum atomic E-state index is -0.197. The van der Waals surface area contributed by atoms with E-state index in [1.165, 1.54) is 0 Å². The van der Waals surface area contributed by atoms with Gasteiger partial charge >= 0.3 is 0 Å². The lowest BCUT2D eigenvalue weighted by molar-refractivity contribution is -0.127. The number of hydrogen-bond donors (Lipinski definition) is 1. The molecule has 0 aliphatic carbocycles. The van der Waals surface area contributed by atoms with E-state index >= 15 is 0 Å². The van der Waals surface area contributed by atoms with Gasteiger partial charge in [-0.3, -0.25) is 9.80 Å². The van der Waals surface area contributed by atoms with Gasteiger partial charge in [-0.25, -0.2) is 5.84 Å². The van der Waals surface area contributed by atoms with Gasteiger partial charge in [-0.2, -0.15) is 0 Å². The van der Waals surface area contributed by atoms with Crippen LogP contribution < -0.4 is 5.84 Å². The van der Waals surface area contributed by atoms with Gasteiger partial charge in [0.25, 0.3) is 5.91 Å². The van der Waals surface area contributed by atoms with Crippen LogP contribution in [0.15, 0.2) is 12.2 Å². The average molecular weight is 128 g/mol. The average Bonchev–Trinajstić information content (AvgIpc) is 1.84. The molecule has 0 aromatic heterocycles. The van der Waals surface area contributed by atoms with Gasteiger partial charge in [-0.15, -0.1) is 0 Å². The third kappa shape index (κ3) is 2.28. The van der Waals surface area contributed by atoms with Gasteiger partial charge in [-0.1, -0.05) is 6.58 Å². The molecule has 0 saturated heterocycles. The molecule has 0 spiro atoms. The number of hydrogen-bond acceptors (Lipinski definition) is 2. The van der Waals surface area contributed by atoms with Crippen LogP contribution in [0.4, 0.5) is 0 Å². The Hall–Kier alpha value is -0.830. The normalized spacial score (nSPS) is 8.78. The zero-order valence-electron chi connectivity index (χ0n) is 5.85. The first-order chi connectivity index (χ1) is 4.09. The van der Waals surface area contributed by atoms with Crippen LogP contribution in [0.5, 0.6) is 0 Å². The molecule has 52 valence electrons. The van der Waals surface area contributed by atoms with Gasteiger partial charge in [0, 0.05) is 12.1 Å². The van der Waals surface area contributed by atoms with Crippen LogP contribution in [0.3, 0.4) is 0 Å². The van der Waals surface area contributed by atoms with Crippen LogP contribution in [0.25, 0.3) is 0 Å². The Morgan fingerprint density at radius 3 is 2.33 bits per heavy atom. The van der Waals surface area contributed by atoms with E-state index in [-0.39, 0.29) is 5.91 Å². The van der Waals surface area contributed by atoms with Gasteiger partial charge in [0.05, 0.1) is 0 Å². The Balaban J connectivity index is 3.88. The largest absolute Gasteiger partial charge is 0.277 e. The van der Waals surface area contributed by atoms with Gasteiger partial charge in [-0.05, 0) is 13.8 Å². The molecule has 0 atom stereocenters. The highest BCUT2D eigenvalue weighted by Crippen LogP contribution is 1.91. The summed E-state index contributed by atoms with van der Waals surface area (Å²) in [7, 11) is 0. The number of amides is 1. The number of nitrogens with zero attached hydrogens (tertiary/aromatic N) is 1. The highest BCUT2D eigenvalue weighted by molar-refractivity contribution is 5.91. The molecule has 0 fully saturated rings. The first kappa shape index (κ1) is 8.17. The summed E-state index contributed by atoms with van der Waals surface area (Å²) in [6.45, 7) is 7.42. The van der Waals surface area contributed by atoms with E-state index in [1.807, 2.05) is 0 Å². The summed E-state index contributed by atoms with van der Waals surface area (Å²) >= 11 is 0. The zero-order chi connectivity index (χ0) is 7.44. The van der Waals surface area contributed by atoms with Crippen LogP contribution in [0.1, 0.15) is 13.8 Å². The maximum absolute atomic E-state index is 10.8. The van der Waals surface area contributed by atoms with Crippen LogP contribution >= 0.6 is 0 Å². The van der Waals surface area contributed by atoms with Crippen molar-refractivity contribution in [3.05, 3.63) is 12.2 Å². The first-order valence-electron chi connectivity index (χ1n) is 2.81. The van der Waals surface area contributed by atoms with E-state index in [1.54, 1.807) is 13.8 Å². The quantitative estimate of drug-likeness (QED) is 0.251. The summed E-state index contributed by atoms with van der Waals surface area (Å²) in [5.74, 6) is 5.04. The standard InChI is InChI=1S/C6H12N2O/c1-4-8(7)6(9)5(2)3/h2,4,7H2,1,3H3. The predicted molar refractivity (Wildman–Crippen MR) is 36.4 cm³/mol. The molecule has 9 heavy (non-hydrogen) atoms. The molecule has 0 unspecified atom stereocenters. The smallest absolute Gasteiger partial charge is 0.262 e. The van der Waals surface area contributed by atoms with Crippen molar-refractivity contribution in [3.8, 4) is 0 Å². The van der Waals surface area contributed by atoms with Gasteiger partial charge in [0.15, 0.2) is 0 Å². The number of hydrazine groups is 1. The molecule has 0 rings (SSSR count). The van der Waals surface area contributed by atoms with Crippen LogP contribution in [-0.2, 0) is 4.79 Å². The van der Waals surface area contributed by atoms with Crippen LogP contribution in [0, 0.1) is 0 Å². The molecular formula is C6H12N2O. The third-order valence-electron chi connectivity index (χ3n) is 0.967. The molecule has 3 heteroatoms. The van der Waals surface area contributed by atoms with E-state index in [9.17, 15) is 4.79 Å². The second-order valence-corrected chi connectivity index (χ2v) is 1.87. The lowest BCUT2D eigenvalue weighted by Crippen LogP contribution is -2.37. The van der Waals surface area contributed by atoms with Crippen molar-refractivity contribution in [2.24, 2.45) is 5.84 Å². The molecule has 2 N–H and O–H groups in total. The monoisotopic (exact) mass is 128 g/mol. The molecule has 1 amide bonds. The molecule has 3 nitrogen and oxygen atoms in total. The van der Waals surface area contributed by atoms with E-state index in [2.05, 4.69) is 6.58 Å². The van der Waals surface area contributed by atoms with Crippen molar-refractivity contribution >= 4 is 5.91 Å². The van der Waals surface area contributed by atoms with E-state index in [0.29, 0.717) is 12.1 Å². The maximum Gasteiger partial charge on any atom is 0.262 e. The number of nitrogens with two attached hydrogens (primary N) is 1. The number of rotatable bonds is 2. The molecule has 0 bridgehead atoms. The van der Waals surface area contributed by atoms with E-state index < -0.39 is 0 Å². The Morgan fingerprint density at radius 1 is 1.78 bits per heavy atom. The van der Waals surface area contributed by atoms with Gasteiger partial charge < -0.3 is 0 Å². The fraction of sp³-hybridized carbons (Fsp3) is 0.500. The Bertz CT molecular complexity index is 131. The SMILES string of the molecule is C=C(C)C(=O)N(N)CC. The summed E-state index contributed by atoms with van der Waals surface area (Å²) in [6.07, 6.45) is 0. The number of carbonyl (C=O) groups is 1. The molecular weight excluding hydrogens is 116 g/mol. The summed E-state index contributed by atoms with van der Waals surface area (Å²) in [5.41, 5.74) is 0.472. The van der Waals surface area contributed by atoms with Crippen molar-refractivity contribution in [1.82, 2.24) is 5.01 Å². The number of carbonyl (C=O) groups excluding carboxylic acids is 1. The fourth-order valence-corrected chi connectivity index (χ4v) is 0.389.